The van der Waals surface area contributed by atoms with Crippen molar-refractivity contribution in [3.8, 4) is 0 Å². The van der Waals surface area contributed by atoms with Crippen molar-refractivity contribution in [2.24, 2.45) is 0 Å². The van der Waals surface area contributed by atoms with Gasteiger partial charge < -0.3 is 4.98 Å². The van der Waals surface area contributed by atoms with Gasteiger partial charge in [0.05, 0.1) is 17.1 Å². The van der Waals surface area contributed by atoms with Gasteiger partial charge in [0.15, 0.2) is 4.90 Å². The summed E-state index contributed by atoms with van der Waals surface area (Å²) >= 11 is 0. The lowest BCUT2D eigenvalue weighted by Gasteiger charge is -2.10. The maximum Gasteiger partial charge on any atom is 0.267 e. The highest BCUT2D eigenvalue weighted by Crippen LogP contribution is 2.24. The summed E-state index contributed by atoms with van der Waals surface area (Å²) in [5, 5.41) is 4.31. The number of rotatable bonds is 4. The fourth-order valence-electron chi connectivity index (χ4n) is 2.11. The van der Waals surface area contributed by atoms with Crippen molar-refractivity contribution in [3.05, 3.63) is 40.1 Å². The molecule has 0 aliphatic heterocycles. The van der Waals surface area contributed by atoms with E-state index in [1.807, 2.05) is 13.8 Å². The van der Waals surface area contributed by atoms with Crippen LogP contribution in [0.15, 0.2) is 28.2 Å². The molecule has 2 aromatic rings. The van der Waals surface area contributed by atoms with Crippen LogP contribution in [0.4, 0.5) is 5.69 Å². The second-order valence-corrected chi connectivity index (χ2v) is 6.71. The molecule has 21 heavy (non-hydrogen) atoms. The van der Waals surface area contributed by atoms with Crippen LogP contribution in [-0.2, 0) is 10.0 Å². The Bertz CT molecular complexity index is 818. The first kappa shape index (κ1) is 15.3. The predicted octanol–water partition coefficient (Wildman–Crippen LogP) is 1.57. The fourth-order valence-corrected chi connectivity index (χ4v) is 3.34. The van der Waals surface area contributed by atoms with E-state index in [0.29, 0.717) is 17.1 Å². The van der Waals surface area contributed by atoms with Crippen LogP contribution < -0.4 is 10.2 Å². The molecule has 2 heterocycles. The normalized spacial score (nSPS) is 11.9. The number of anilines is 1. The van der Waals surface area contributed by atoms with E-state index in [1.165, 1.54) is 18.5 Å². The molecule has 0 aliphatic carbocycles. The van der Waals surface area contributed by atoms with Crippen molar-refractivity contribution in [2.75, 3.05) is 4.72 Å². The third-order valence-corrected chi connectivity index (χ3v) is 4.50. The molecular formula is C13H18N4O3S. The quantitative estimate of drug-likeness (QED) is 0.895. The highest BCUT2D eigenvalue weighted by molar-refractivity contribution is 7.92. The van der Waals surface area contributed by atoms with Crippen LogP contribution in [0.3, 0.4) is 0 Å². The number of H-pyrrole nitrogens is 1. The van der Waals surface area contributed by atoms with Crippen LogP contribution in [0, 0.1) is 13.8 Å². The van der Waals surface area contributed by atoms with E-state index in [4.69, 9.17) is 0 Å². The molecule has 0 spiro atoms. The van der Waals surface area contributed by atoms with Gasteiger partial charge in [0.1, 0.15) is 0 Å². The van der Waals surface area contributed by atoms with Crippen molar-refractivity contribution in [1.82, 2.24) is 14.8 Å². The van der Waals surface area contributed by atoms with Gasteiger partial charge in [-0.05, 0) is 27.7 Å². The Morgan fingerprint density at radius 2 is 2.00 bits per heavy atom. The predicted molar refractivity (Wildman–Crippen MR) is 80.0 cm³/mol. The van der Waals surface area contributed by atoms with Crippen LogP contribution in [0.2, 0.25) is 0 Å². The highest BCUT2D eigenvalue weighted by Gasteiger charge is 2.22. The minimum Gasteiger partial charge on any atom is -0.366 e. The molecule has 0 saturated heterocycles. The van der Waals surface area contributed by atoms with E-state index < -0.39 is 15.5 Å². The maximum absolute atomic E-state index is 12.3. The van der Waals surface area contributed by atoms with Crippen LogP contribution >= 0.6 is 0 Å². The fraction of sp³-hybridized carbons (Fsp3) is 0.385. The molecule has 2 aromatic heterocycles. The summed E-state index contributed by atoms with van der Waals surface area (Å²) in [6.45, 7) is 7.42. The Morgan fingerprint density at radius 3 is 2.52 bits per heavy atom. The first-order valence-electron chi connectivity index (χ1n) is 6.49. The smallest absolute Gasteiger partial charge is 0.267 e. The highest BCUT2D eigenvalue weighted by atomic mass is 32.2. The van der Waals surface area contributed by atoms with Gasteiger partial charge in [-0.15, -0.1) is 0 Å². The molecule has 0 bridgehead atoms. The number of pyridine rings is 1. The van der Waals surface area contributed by atoms with Crippen molar-refractivity contribution in [2.45, 2.75) is 38.6 Å². The van der Waals surface area contributed by atoms with Gasteiger partial charge in [-0.2, -0.15) is 5.10 Å². The molecule has 0 aliphatic rings. The molecular weight excluding hydrogens is 292 g/mol. The monoisotopic (exact) mass is 310 g/mol. The zero-order chi connectivity index (χ0) is 15.8. The summed E-state index contributed by atoms with van der Waals surface area (Å²) in [6.07, 6.45) is 2.55. The summed E-state index contributed by atoms with van der Waals surface area (Å²) < 4.78 is 28.9. The van der Waals surface area contributed by atoms with E-state index in [-0.39, 0.29) is 10.9 Å². The molecule has 0 unspecified atom stereocenters. The van der Waals surface area contributed by atoms with Crippen molar-refractivity contribution < 1.29 is 8.42 Å². The number of aromatic amines is 1. The van der Waals surface area contributed by atoms with E-state index >= 15 is 0 Å². The molecule has 114 valence electrons. The molecule has 0 atom stereocenters. The molecule has 0 fully saturated rings. The molecule has 0 aromatic carbocycles. The number of nitrogens with zero attached hydrogens (tertiary/aromatic N) is 2. The minimum atomic E-state index is -3.95. The second-order valence-electron chi connectivity index (χ2n) is 5.06. The topological polar surface area (TPSA) is 96.8 Å². The SMILES string of the molecule is Cc1nn(C(C)C)c(C)c1NS(=O)(=O)c1c[nH]ccc1=O. The van der Waals surface area contributed by atoms with Crippen molar-refractivity contribution in [3.63, 3.8) is 0 Å². The third-order valence-electron chi connectivity index (χ3n) is 3.13. The third kappa shape index (κ3) is 2.85. The number of aromatic nitrogens is 3. The van der Waals surface area contributed by atoms with Gasteiger partial charge in [-0.1, -0.05) is 0 Å². The second kappa shape index (κ2) is 5.36. The number of nitrogens with one attached hydrogen (secondary N) is 2. The molecule has 7 nitrogen and oxygen atoms in total. The molecule has 8 heteroatoms. The minimum absolute atomic E-state index is 0.113. The van der Waals surface area contributed by atoms with E-state index in [0.717, 1.165) is 0 Å². The van der Waals surface area contributed by atoms with Crippen LogP contribution in [0.1, 0.15) is 31.3 Å². The summed E-state index contributed by atoms with van der Waals surface area (Å²) in [6, 6.07) is 1.29. The Kier molecular flexibility index (Phi) is 3.91. The Morgan fingerprint density at radius 1 is 1.33 bits per heavy atom. The number of sulfonamides is 1. The van der Waals surface area contributed by atoms with Gasteiger partial charge in [-0.25, -0.2) is 8.42 Å². The van der Waals surface area contributed by atoms with Gasteiger partial charge in [0, 0.05) is 24.5 Å². The van der Waals surface area contributed by atoms with Gasteiger partial charge in [0.25, 0.3) is 10.0 Å². The van der Waals surface area contributed by atoms with Crippen molar-refractivity contribution >= 4 is 15.7 Å². The lowest BCUT2D eigenvalue weighted by molar-refractivity contribution is 0.516. The van der Waals surface area contributed by atoms with Crippen LogP contribution in [-0.4, -0.2) is 23.2 Å². The average molecular weight is 310 g/mol. The summed E-state index contributed by atoms with van der Waals surface area (Å²) in [7, 11) is -3.95. The van der Waals surface area contributed by atoms with Gasteiger partial charge >= 0.3 is 0 Å². The van der Waals surface area contributed by atoms with E-state index in [1.54, 1.807) is 18.5 Å². The summed E-state index contributed by atoms with van der Waals surface area (Å²) in [5.74, 6) is 0. The zero-order valence-corrected chi connectivity index (χ0v) is 13.2. The molecule has 0 saturated carbocycles. The van der Waals surface area contributed by atoms with Gasteiger partial charge in [-0.3, -0.25) is 14.2 Å². The number of hydrogen-bond acceptors (Lipinski definition) is 4. The average Bonchev–Trinajstić information content (AvgIpc) is 2.67. The standard InChI is InChI=1S/C13H18N4O3S/c1-8(2)17-10(4)13(9(3)15-17)16-21(19,20)12-7-14-6-5-11(12)18/h5-8,16H,1-4H3,(H,14,18). The van der Waals surface area contributed by atoms with Crippen molar-refractivity contribution in [1.29, 1.82) is 0 Å². The molecule has 2 N–H and O–H groups in total. The molecule has 0 amide bonds. The Balaban J connectivity index is 2.48. The van der Waals surface area contributed by atoms with E-state index in [2.05, 4.69) is 14.8 Å². The lowest BCUT2D eigenvalue weighted by atomic mass is 10.3. The van der Waals surface area contributed by atoms with Crippen LogP contribution in [0.25, 0.3) is 0 Å². The van der Waals surface area contributed by atoms with Gasteiger partial charge in [0.2, 0.25) is 5.43 Å². The lowest BCUT2D eigenvalue weighted by Crippen LogP contribution is -2.21. The largest absolute Gasteiger partial charge is 0.366 e. The summed E-state index contributed by atoms with van der Waals surface area (Å²) in [4.78, 5) is 14.0. The number of hydrogen-bond donors (Lipinski definition) is 2. The molecule has 0 radical (unpaired) electrons. The van der Waals surface area contributed by atoms with Crippen LogP contribution in [0.5, 0.6) is 0 Å². The zero-order valence-electron chi connectivity index (χ0n) is 12.3. The summed E-state index contributed by atoms with van der Waals surface area (Å²) in [5.41, 5.74) is 1.12. The maximum atomic E-state index is 12.3. The number of aryl methyl sites for hydroxylation is 1. The first-order chi connectivity index (χ1) is 9.74. The van der Waals surface area contributed by atoms with E-state index in [9.17, 15) is 13.2 Å². The Labute approximate surface area is 123 Å². The first-order valence-corrected chi connectivity index (χ1v) is 7.98. The Hall–Kier alpha value is -2.09. The molecule has 2 rings (SSSR count).